The fraction of sp³-hybridized carbons (Fsp3) is 0.600. The van der Waals surface area contributed by atoms with Gasteiger partial charge in [-0.3, -0.25) is 9.48 Å². The predicted molar refractivity (Wildman–Crippen MR) is 82.4 cm³/mol. The van der Waals surface area contributed by atoms with Crippen LogP contribution in [0.4, 0.5) is 5.82 Å². The van der Waals surface area contributed by atoms with Gasteiger partial charge in [0.2, 0.25) is 5.91 Å². The van der Waals surface area contributed by atoms with E-state index in [1.54, 1.807) is 11.0 Å². The van der Waals surface area contributed by atoms with Gasteiger partial charge in [-0.05, 0) is 12.3 Å². The zero-order valence-corrected chi connectivity index (χ0v) is 12.9. The fourth-order valence-electron chi connectivity index (χ4n) is 3.24. The number of fused-ring (bicyclic) bond motifs is 1. The Morgan fingerprint density at radius 1 is 1.23 bits per heavy atom. The molecule has 0 N–H and O–H groups in total. The van der Waals surface area contributed by atoms with Gasteiger partial charge in [0.05, 0.1) is 11.6 Å². The normalized spacial score (nSPS) is 24.8. The minimum atomic E-state index is 0.274. The van der Waals surface area contributed by atoms with E-state index in [0.717, 1.165) is 49.5 Å². The van der Waals surface area contributed by atoms with Crippen LogP contribution < -0.4 is 4.90 Å². The van der Waals surface area contributed by atoms with Gasteiger partial charge in [0.1, 0.15) is 12.1 Å². The molecule has 7 nitrogen and oxygen atoms in total. The molecule has 0 radical (unpaired) electrons. The fourth-order valence-corrected chi connectivity index (χ4v) is 3.24. The summed E-state index contributed by atoms with van der Waals surface area (Å²) in [7, 11) is 1.88. The first-order valence-electron chi connectivity index (χ1n) is 7.81. The van der Waals surface area contributed by atoms with Crippen molar-refractivity contribution in [2.24, 2.45) is 18.9 Å². The molecule has 2 aromatic heterocycles. The maximum Gasteiger partial charge on any atom is 0.226 e. The summed E-state index contributed by atoms with van der Waals surface area (Å²) in [6.45, 7) is 5.32. The third-order valence-electron chi connectivity index (χ3n) is 4.83. The second-order valence-corrected chi connectivity index (χ2v) is 6.33. The van der Waals surface area contributed by atoms with Crippen molar-refractivity contribution in [1.82, 2.24) is 24.6 Å². The number of hydrogen-bond donors (Lipinski definition) is 0. The summed E-state index contributed by atoms with van der Waals surface area (Å²) in [6.07, 6.45) is 4.46. The van der Waals surface area contributed by atoms with Crippen molar-refractivity contribution >= 4 is 22.8 Å². The molecule has 0 bridgehead atoms. The first-order valence-corrected chi connectivity index (χ1v) is 7.81. The van der Waals surface area contributed by atoms with E-state index in [1.807, 2.05) is 18.1 Å². The van der Waals surface area contributed by atoms with Crippen LogP contribution >= 0.6 is 0 Å². The Balaban J connectivity index is 1.50. The Morgan fingerprint density at radius 3 is 2.64 bits per heavy atom. The Kier molecular flexibility index (Phi) is 3.02. The topological polar surface area (TPSA) is 67.2 Å². The summed E-state index contributed by atoms with van der Waals surface area (Å²) in [5.74, 6) is 2.10. The van der Waals surface area contributed by atoms with Gasteiger partial charge in [-0.1, -0.05) is 6.92 Å². The molecule has 7 heteroatoms. The van der Waals surface area contributed by atoms with Crippen LogP contribution in [0.25, 0.3) is 11.0 Å². The summed E-state index contributed by atoms with van der Waals surface area (Å²) in [6, 6.07) is 0. The number of carbonyl (C=O) groups excluding carboxylic acids is 1. The molecule has 0 unspecified atom stereocenters. The number of carbonyl (C=O) groups is 1. The van der Waals surface area contributed by atoms with E-state index in [9.17, 15) is 4.79 Å². The summed E-state index contributed by atoms with van der Waals surface area (Å²) >= 11 is 0. The molecule has 0 spiro atoms. The lowest BCUT2D eigenvalue weighted by Gasteiger charge is -2.35. The molecule has 1 amide bonds. The van der Waals surface area contributed by atoms with E-state index in [4.69, 9.17) is 0 Å². The Labute approximate surface area is 128 Å². The molecular formula is C15H20N6O. The van der Waals surface area contributed by atoms with Gasteiger partial charge < -0.3 is 9.80 Å². The number of amides is 1. The molecule has 1 saturated carbocycles. The average molecular weight is 300 g/mol. The molecule has 3 heterocycles. The Bertz CT molecular complexity index is 718. The van der Waals surface area contributed by atoms with E-state index < -0.39 is 0 Å². The highest BCUT2D eigenvalue weighted by molar-refractivity contribution is 5.87. The monoisotopic (exact) mass is 300 g/mol. The van der Waals surface area contributed by atoms with Crippen molar-refractivity contribution in [1.29, 1.82) is 0 Å². The first kappa shape index (κ1) is 13.5. The van der Waals surface area contributed by atoms with Gasteiger partial charge >= 0.3 is 0 Å². The van der Waals surface area contributed by atoms with Crippen molar-refractivity contribution in [3.8, 4) is 0 Å². The van der Waals surface area contributed by atoms with Crippen LogP contribution in [0.15, 0.2) is 12.5 Å². The number of rotatable bonds is 2. The van der Waals surface area contributed by atoms with Gasteiger partial charge in [-0.25, -0.2) is 9.97 Å². The molecule has 2 aromatic rings. The lowest BCUT2D eigenvalue weighted by molar-refractivity contribution is -0.133. The van der Waals surface area contributed by atoms with E-state index >= 15 is 0 Å². The Hall–Kier alpha value is -2.18. The number of piperazine rings is 1. The lowest BCUT2D eigenvalue weighted by Crippen LogP contribution is -2.49. The van der Waals surface area contributed by atoms with Crippen molar-refractivity contribution < 1.29 is 4.79 Å². The highest BCUT2D eigenvalue weighted by atomic mass is 16.2. The molecule has 1 aliphatic heterocycles. The maximum atomic E-state index is 12.3. The third-order valence-corrected chi connectivity index (χ3v) is 4.83. The number of hydrogen-bond acceptors (Lipinski definition) is 5. The molecule has 1 aliphatic carbocycles. The first-order chi connectivity index (χ1) is 10.6. The van der Waals surface area contributed by atoms with Crippen LogP contribution in [0.2, 0.25) is 0 Å². The van der Waals surface area contributed by atoms with Crippen molar-refractivity contribution in [2.45, 2.75) is 13.3 Å². The number of aromatic nitrogens is 4. The molecule has 4 rings (SSSR count). The molecule has 2 aliphatic rings. The van der Waals surface area contributed by atoms with E-state index in [2.05, 4.69) is 26.9 Å². The summed E-state index contributed by atoms with van der Waals surface area (Å²) in [5, 5.41) is 5.23. The van der Waals surface area contributed by atoms with Gasteiger partial charge in [0.25, 0.3) is 0 Å². The highest BCUT2D eigenvalue weighted by Gasteiger charge is 2.42. The number of nitrogens with zero attached hydrogens (tertiary/aromatic N) is 6. The smallest absolute Gasteiger partial charge is 0.226 e. The number of aryl methyl sites for hydroxylation is 1. The van der Waals surface area contributed by atoms with Gasteiger partial charge in [-0.15, -0.1) is 0 Å². The second-order valence-electron chi connectivity index (χ2n) is 6.33. The summed E-state index contributed by atoms with van der Waals surface area (Å²) in [5.41, 5.74) is 0.843. The average Bonchev–Trinajstić information content (AvgIpc) is 3.16. The van der Waals surface area contributed by atoms with Crippen LogP contribution in [0.3, 0.4) is 0 Å². The van der Waals surface area contributed by atoms with Crippen molar-refractivity contribution in [3.63, 3.8) is 0 Å². The maximum absolute atomic E-state index is 12.3. The van der Waals surface area contributed by atoms with E-state index in [1.165, 1.54) is 0 Å². The van der Waals surface area contributed by atoms with E-state index in [-0.39, 0.29) is 5.92 Å². The molecule has 22 heavy (non-hydrogen) atoms. The van der Waals surface area contributed by atoms with Crippen LogP contribution in [-0.2, 0) is 11.8 Å². The second kappa shape index (κ2) is 4.93. The highest BCUT2D eigenvalue weighted by Crippen LogP contribution is 2.39. The lowest BCUT2D eigenvalue weighted by atomic mass is 10.2. The van der Waals surface area contributed by atoms with Crippen LogP contribution in [0.5, 0.6) is 0 Å². The quantitative estimate of drug-likeness (QED) is 0.815. The van der Waals surface area contributed by atoms with Crippen molar-refractivity contribution in [2.75, 3.05) is 31.1 Å². The standard InChI is InChI=1S/C15H20N6O/c1-10-7-11(10)15(22)21-5-3-20(4-6-21)14-12-8-18-19(2)13(12)16-9-17-14/h8-11H,3-7H2,1-2H3/t10-,11-/m0/s1. The molecular weight excluding hydrogens is 280 g/mol. The molecule has 1 saturated heterocycles. The molecule has 2 atom stereocenters. The summed E-state index contributed by atoms with van der Waals surface area (Å²) < 4.78 is 1.76. The van der Waals surface area contributed by atoms with Crippen LogP contribution in [0, 0.1) is 11.8 Å². The van der Waals surface area contributed by atoms with E-state index in [0.29, 0.717) is 11.8 Å². The number of anilines is 1. The van der Waals surface area contributed by atoms with Gasteiger partial charge in [0, 0.05) is 39.1 Å². The van der Waals surface area contributed by atoms with Gasteiger partial charge in [-0.2, -0.15) is 5.10 Å². The van der Waals surface area contributed by atoms with Crippen LogP contribution in [-0.4, -0.2) is 56.7 Å². The van der Waals surface area contributed by atoms with Crippen LogP contribution in [0.1, 0.15) is 13.3 Å². The molecule has 2 fully saturated rings. The Morgan fingerprint density at radius 2 is 1.95 bits per heavy atom. The minimum absolute atomic E-state index is 0.274. The van der Waals surface area contributed by atoms with Gasteiger partial charge in [0.15, 0.2) is 5.65 Å². The molecule has 0 aromatic carbocycles. The molecule has 116 valence electrons. The predicted octanol–water partition coefficient (Wildman–Crippen LogP) is 0.668. The zero-order valence-electron chi connectivity index (χ0n) is 12.9. The zero-order chi connectivity index (χ0) is 15.3. The minimum Gasteiger partial charge on any atom is -0.352 e. The largest absolute Gasteiger partial charge is 0.352 e. The van der Waals surface area contributed by atoms with Crippen molar-refractivity contribution in [3.05, 3.63) is 12.5 Å². The SMILES string of the molecule is C[C@H]1C[C@@H]1C(=O)N1CCN(c2ncnc3c2cnn3C)CC1. The summed E-state index contributed by atoms with van der Waals surface area (Å²) in [4.78, 5) is 25.2. The third kappa shape index (κ3) is 2.12.